The van der Waals surface area contributed by atoms with E-state index in [1.807, 2.05) is 30.3 Å². The predicted molar refractivity (Wildman–Crippen MR) is 112 cm³/mol. The molecule has 0 fully saturated rings. The lowest BCUT2D eigenvalue weighted by molar-refractivity contribution is -0.136. The van der Waals surface area contributed by atoms with E-state index in [1.165, 1.54) is 18.2 Å². The summed E-state index contributed by atoms with van der Waals surface area (Å²) in [4.78, 5) is 27.4. The number of esters is 1. The van der Waals surface area contributed by atoms with Crippen LogP contribution in [0.15, 0.2) is 59.8 Å². The molecule has 0 spiro atoms. The van der Waals surface area contributed by atoms with Gasteiger partial charge in [-0.25, -0.2) is 9.59 Å². The first-order valence-corrected chi connectivity index (χ1v) is 9.91. The highest BCUT2D eigenvalue weighted by molar-refractivity contribution is 5.95. The van der Waals surface area contributed by atoms with Crippen molar-refractivity contribution in [3.63, 3.8) is 0 Å². The second kappa shape index (κ2) is 8.59. The fraction of sp³-hybridized carbons (Fsp3) is 0.304. The minimum atomic E-state index is -0.617. The Morgan fingerprint density at radius 1 is 1.13 bits per heavy atom. The van der Waals surface area contributed by atoms with Crippen LogP contribution in [0.25, 0.3) is 0 Å². The van der Waals surface area contributed by atoms with Crippen LogP contribution in [-0.4, -0.2) is 44.2 Å². The van der Waals surface area contributed by atoms with Crippen LogP contribution in [-0.2, 0) is 22.5 Å². The smallest absolute Gasteiger partial charge is 0.338 e. The molecule has 0 aliphatic carbocycles. The number of amides is 2. The van der Waals surface area contributed by atoms with E-state index in [4.69, 9.17) is 9.47 Å². The van der Waals surface area contributed by atoms with Gasteiger partial charge in [0.05, 0.1) is 25.8 Å². The van der Waals surface area contributed by atoms with E-state index in [2.05, 4.69) is 33.7 Å². The predicted octanol–water partition coefficient (Wildman–Crippen LogP) is 2.53. The summed E-state index contributed by atoms with van der Waals surface area (Å²) >= 11 is 0. The lowest BCUT2D eigenvalue weighted by atomic mass is 9.94. The van der Waals surface area contributed by atoms with E-state index in [1.54, 1.807) is 7.11 Å². The zero-order chi connectivity index (χ0) is 21.1. The molecule has 1 atom stereocenters. The van der Waals surface area contributed by atoms with Crippen molar-refractivity contribution in [3.05, 3.63) is 76.5 Å². The molecular weight excluding hydrogens is 382 g/mol. The van der Waals surface area contributed by atoms with Crippen LogP contribution in [0.3, 0.4) is 0 Å². The molecule has 1 unspecified atom stereocenters. The highest BCUT2D eigenvalue weighted by atomic mass is 16.5. The molecule has 4 rings (SSSR count). The summed E-state index contributed by atoms with van der Waals surface area (Å²) in [7, 11) is 2.93. The van der Waals surface area contributed by atoms with Gasteiger partial charge in [-0.3, -0.25) is 4.90 Å². The summed E-state index contributed by atoms with van der Waals surface area (Å²) < 4.78 is 10.4. The van der Waals surface area contributed by atoms with E-state index in [-0.39, 0.29) is 6.03 Å². The quantitative estimate of drug-likeness (QED) is 0.745. The zero-order valence-electron chi connectivity index (χ0n) is 17.1. The van der Waals surface area contributed by atoms with Crippen LogP contribution in [0.1, 0.15) is 22.7 Å². The topological polar surface area (TPSA) is 79.9 Å². The maximum Gasteiger partial charge on any atom is 0.338 e. The number of ether oxygens (including phenoxy) is 2. The molecule has 2 N–H and O–H groups in total. The van der Waals surface area contributed by atoms with Gasteiger partial charge in [0.2, 0.25) is 0 Å². The Kier molecular flexibility index (Phi) is 5.72. The van der Waals surface area contributed by atoms with Gasteiger partial charge in [0.25, 0.3) is 0 Å². The highest BCUT2D eigenvalue weighted by Crippen LogP contribution is 2.30. The Labute approximate surface area is 175 Å². The number of carbonyl (C=O) groups excluding carboxylic acids is 2. The lowest BCUT2D eigenvalue weighted by Gasteiger charge is -2.34. The van der Waals surface area contributed by atoms with Crippen molar-refractivity contribution in [2.45, 2.75) is 19.0 Å². The van der Waals surface area contributed by atoms with Crippen molar-refractivity contribution in [2.75, 3.05) is 27.3 Å². The summed E-state index contributed by atoms with van der Waals surface area (Å²) in [5.41, 5.74) is 4.35. The van der Waals surface area contributed by atoms with Crippen LogP contribution >= 0.6 is 0 Å². The van der Waals surface area contributed by atoms with E-state index < -0.39 is 12.0 Å². The van der Waals surface area contributed by atoms with Gasteiger partial charge in [-0.1, -0.05) is 36.4 Å². The molecule has 0 saturated heterocycles. The van der Waals surface area contributed by atoms with Gasteiger partial charge in [0.1, 0.15) is 5.75 Å². The number of nitrogens with zero attached hydrogens (tertiary/aromatic N) is 1. The van der Waals surface area contributed by atoms with Crippen molar-refractivity contribution in [3.8, 4) is 5.75 Å². The maximum absolute atomic E-state index is 12.7. The average molecular weight is 407 g/mol. The molecule has 0 saturated carbocycles. The van der Waals surface area contributed by atoms with Crippen LogP contribution < -0.4 is 15.4 Å². The van der Waals surface area contributed by atoms with Gasteiger partial charge in [0, 0.05) is 25.3 Å². The second-order valence-corrected chi connectivity index (χ2v) is 7.42. The summed E-state index contributed by atoms with van der Waals surface area (Å²) in [6, 6.07) is 14.7. The SMILES string of the molecule is COC(=O)C1=C(CN2CCc3ccccc3C2)NC(=O)NC1c1cccc(OC)c1. The van der Waals surface area contributed by atoms with Crippen molar-refractivity contribution < 1.29 is 19.1 Å². The number of carbonyl (C=O) groups is 2. The summed E-state index contributed by atoms with van der Waals surface area (Å²) in [5.74, 6) is 0.182. The second-order valence-electron chi connectivity index (χ2n) is 7.42. The van der Waals surface area contributed by atoms with Gasteiger partial charge in [-0.15, -0.1) is 0 Å². The molecule has 7 nitrogen and oxygen atoms in total. The molecule has 2 amide bonds. The van der Waals surface area contributed by atoms with E-state index in [0.29, 0.717) is 23.6 Å². The molecule has 0 bridgehead atoms. The number of nitrogens with one attached hydrogen (secondary N) is 2. The van der Waals surface area contributed by atoms with E-state index in [0.717, 1.165) is 25.1 Å². The van der Waals surface area contributed by atoms with Crippen molar-refractivity contribution >= 4 is 12.0 Å². The number of hydrogen-bond acceptors (Lipinski definition) is 5. The standard InChI is InChI=1S/C23H25N3O4/c1-29-18-9-5-8-16(12-18)21-20(22(27)30-2)19(24-23(28)25-21)14-26-11-10-15-6-3-4-7-17(15)13-26/h3-9,12,21H,10-11,13-14H2,1-2H3,(H2,24,25,28). The Morgan fingerprint density at radius 3 is 2.70 bits per heavy atom. The normalized spacial score (nSPS) is 18.9. The van der Waals surface area contributed by atoms with Crippen molar-refractivity contribution in [1.82, 2.24) is 15.5 Å². The van der Waals surface area contributed by atoms with Crippen LogP contribution in [0, 0.1) is 0 Å². The number of fused-ring (bicyclic) bond motifs is 1. The van der Waals surface area contributed by atoms with Crippen LogP contribution in [0.2, 0.25) is 0 Å². The first-order chi connectivity index (χ1) is 14.6. The number of benzene rings is 2. The monoisotopic (exact) mass is 407 g/mol. The van der Waals surface area contributed by atoms with E-state index in [9.17, 15) is 9.59 Å². The fourth-order valence-electron chi connectivity index (χ4n) is 4.08. The van der Waals surface area contributed by atoms with Gasteiger partial charge < -0.3 is 20.1 Å². The molecule has 2 aromatic carbocycles. The lowest BCUT2D eigenvalue weighted by Crippen LogP contribution is -2.48. The van der Waals surface area contributed by atoms with Crippen molar-refractivity contribution in [1.29, 1.82) is 0 Å². The molecule has 2 aliphatic heterocycles. The summed E-state index contributed by atoms with van der Waals surface area (Å²) in [5, 5.41) is 5.69. The zero-order valence-corrected chi connectivity index (χ0v) is 17.1. The minimum absolute atomic E-state index is 0.345. The number of urea groups is 1. The maximum atomic E-state index is 12.7. The molecule has 156 valence electrons. The molecular formula is C23H25N3O4. The van der Waals surface area contributed by atoms with Crippen LogP contribution in [0.4, 0.5) is 4.79 Å². The third kappa shape index (κ3) is 4.02. The van der Waals surface area contributed by atoms with Crippen LogP contribution in [0.5, 0.6) is 5.75 Å². The Morgan fingerprint density at radius 2 is 1.93 bits per heavy atom. The van der Waals surface area contributed by atoms with Gasteiger partial charge >= 0.3 is 12.0 Å². The third-order valence-electron chi connectivity index (χ3n) is 5.58. The van der Waals surface area contributed by atoms with Gasteiger partial charge in [-0.05, 0) is 35.2 Å². The average Bonchev–Trinajstić information content (AvgIpc) is 2.78. The fourth-order valence-corrected chi connectivity index (χ4v) is 4.08. The van der Waals surface area contributed by atoms with Gasteiger partial charge in [-0.2, -0.15) is 0 Å². The number of rotatable bonds is 5. The van der Waals surface area contributed by atoms with Gasteiger partial charge in [0.15, 0.2) is 0 Å². The van der Waals surface area contributed by atoms with Crippen molar-refractivity contribution in [2.24, 2.45) is 0 Å². The third-order valence-corrected chi connectivity index (χ3v) is 5.58. The molecule has 2 aliphatic rings. The number of methoxy groups -OCH3 is 2. The molecule has 0 aromatic heterocycles. The molecule has 0 radical (unpaired) electrons. The summed E-state index contributed by atoms with van der Waals surface area (Å²) in [6.07, 6.45) is 0.933. The Hall–Kier alpha value is -3.32. The minimum Gasteiger partial charge on any atom is -0.497 e. The number of hydrogen-bond donors (Lipinski definition) is 2. The highest BCUT2D eigenvalue weighted by Gasteiger charge is 2.34. The first-order valence-electron chi connectivity index (χ1n) is 9.91. The Bertz CT molecular complexity index is 1000. The molecule has 2 aromatic rings. The van der Waals surface area contributed by atoms with E-state index >= 15 is 0 Å². The largest absolute Gasteiger partial charge is 0.497 e. The Balaban J connectivity index is 1.68. The molecule has 7 heteroatoms. The molecule has 2 heterocycles. The summed E-state index contributed by atoms with van der Waals surface area (Å²) in [6.45, 7) is 2.07. The molecule has 30 heavy (non-hydrogen) atoms. The first kappa shape index (κ1) is 20.0.